The topological polar surface area (TPSA) is 54.5 Å². The summed E-state index contributed by atoms with van der Waals surface area (Å²) in [6.07, 6.45) is 3.34. The fourth-order valence-electron chi connectivity index (χ4n) is 3.21. The number of aromatic nitrogens is 1. The molecule has 1 N–H and O–H groups in total. The molecule has 2 aromatic rings. The van der Waals surface area contributed by atoms with Gasteiger partial charge in [0.2, 0.25) is 0 Å². The normalized spacial score (nSPS) is 16.3. The van der Waals surface area contributed by atoms with Crippen molar-refractivity contribution in [3.05, 3.63) is 45.9 Å². The van der Waals surface area contributed by atoms with Gasteiger partial charge < -0.3 is 15.0 Å². The first kappa shape index (κ1) is 16.8. The molecule has 0 spiro atoms. The van der Waals surface area contributed by atoms with Gasteiger partial charge in [-0.2, -0.15) is 0 Å². The number of aryl methyl sites for hydroxylation is 1. The largest absolute Gasteiger partial charge is 0.497 e. The molecule has 6 heteroatoms. The maximum absolute atomic E-state index is 12.3. The van der Waals surface area contributed by atoms with Gasteiger partial charge in [0.25, 0.3) is 0 Å². The van der Waals surface area contributed by atoms with Crippen LogP contribution in [-0.2, 0) is 13.0 Å². The van der Waals surface area contributed by atoms with Gasteiger partial charge >= 0.3 is 6.03 Å². The van der Waals surface area contributed by atoms with E-state index in [4.69, 9.17) is 4.74 Å². The minimum atomic E-state index is -0.0522. The van der Waals surface area contributed by atoms with E-state index in [0.717, 1.165) is 30.7 Å². The number of benzene rings is 1. The van der Waals surface area contributed by atoms with Gasteiger partial charge in [-0.05, 0) is 42.5 Å². The predicted molar refractivity (Wildman–Crippen MR) is 95.7 cm³/mol. The van der Waals surface area contributed by atoms with Crippen molar-refractivity contribution >= 4 is 17.4 Å². The van der Waals surface area contributed by atoms with Crippen molar-refractivity contribution in [3.8, 4) is 5.75 Å². The molecular formula is C18H23N3O2S. The van der Waals surface area contributed by atoms with Crippen LogP contribution in [0.5, 0.6) is 5.75 Å². The number of hydrogen-bond acceptors (Lipinski definition) is 4. The Hall–Kier alpha value is -2.08. The number of carbonyl (C=O) groups is 1. The van der Waals surface area contributed by atoms with Crippen LogP contribution in [0, 0.1) is 0 Å². The molecular weight excluding hydrogens is 322 g/mol. The van der Waals surface area contributed by atoms with Crippen molar-refractivity contribution in [2.75, 3.05) is 20.7 Å². The average molecular weight is 345 g/mol. The lowest BCUT2D eigenvalue weighted by Crippen LogP contribution is -2.39. The minimum Gasteiger partial charge on any atom is -0.497 e. The molecule has 0 saturated heterocycles. The Morgan fingerprint density at radius 3 is 3.12 bits per heavy atom. The Bertz CT molecular complexity index is 688. The molecule has 1 aromatic carbocycles. The molecule has 0 radical (unpaired) electrons. The Morgan fingerprint density at radius 2 is 2.38 bits per heavy atom. The number of nitrogens with zero attached hydrogens (tertiary/aromatic N) is 2. The third kappa shape index (κ3) is 3.87. The fraction of sp³-hybridized carbons (Fsp3) is 0.444. The first-order valence-electron chi connectivity index (χ1n) is 8.20. The lowest BCUT2D eigenvalue weighted by Gasteiger charge is -2.27. The summed E-state index contributed by atoms with van der Waals surface area (Å²) >= 11 is 1.54. The Kier molecular flexibility index (Phi) is 5.35. The van der Waals surface area contributed by atoms with Crippen molar-refractivity contribution < 1.29 is 9.53 Å². The molecule has 0 bridgehead atoms. The maximum Gasteiger partial charge on any atom is 0.317 e. The summed E-state index contributed by atoms with van der Waals surface area (Å²) < 4.78 is 5.31. The third-order valence-electron chi connectivity index (χ3n) is 4.52. The van der Waals surface area contributed by atoms with Crippen LogP contribution in [0.4, 0.5) is 4.79 Å². The van der Waals surface area contributed by atoms with Crippen LogP contribution >= 0.6 is 11.3 Å². The Balaban J connectivity index is 1.58. The second-order valence-electron chi connectivity index (χ2n) is 6.18. The summed E-state index contributed by atoms with van der Waals surface area (Å²) in [6.45, 7) is 1.20. The molecule has 0 fully saturated rings. The van der Waals surface area contributed by atoms with Gasteiger partial charge in [-0.1, -0.05) is 6.07 Å². The SMILES string of the molecule is COc1ccc2c(c1)CCCC2CNC(=O)N(C)Cc1cscn1. The van der Waals surface area contributed by atoms with Crippen LogP contribution in [-0.4, -0.2) is 36.6 Å². The number of urea groups is 1. The molecule has 1 unspecified atom stereocenters. The zero-order valence-corrected chi connectivity index (χ0v) is 14.9. The minimum absolute atomic E-state index is 0.0522. The molecule has 1 aliphatic rings. The van der Waals surface area contributed by atoms with Crippen LogP contribution < -0.4 is 10.1 Å². The van der Waals surface area contributed by atoms with E-state index in [9.17, 15) is 4.79 Å². The van der Waals surface area contributed by atoms with E-state index in [0.29, 0.717) is 19.0 Å². The van der Waals surface area contributed by atoms with Gasteiger partial charge in [-0.3, -0.25) is 0 Å². The van der Waals surface area contributed by atoms with Gasteiger partial charge in [0.05, 0.1) is 24.9 Å². The Morgan fingerprint density at radius 1 is 1.50 bits per heavy atom. The van der Waals surface area contributed by atoms with Crippen molar-refractivity contribution in [1.82, 2.24) is 15.2 Å². The van der Waals surface area contributed by atoms with Crippen LogP contribution in [0.3, 0.4) is 0 Å². The smallest absolute Gasteiger partial charge is 0.317 e. The second kappa shape index (κ2) is 7.66. The van der Waals surface area contributed by atoms with E-state index in [1.54, 1.807) is 35.9 Å². The number of methoxy groups -OCH3 is 1. The zero-order valence-electron chi connectivity index (χ0n) is 14.1. The molecule has 1 aliphatic carbocycles. The van der Waals surface area contributed by atoms with E-state index < -0.39 is 0 Å². The van der Waals surface area contributed by atoms with Crippen LogP contribution in [0.25, 0.3) is 0 Å². The number of nitrogens with one attached hydrogen (secondary N) is 1. The number of thiazole rings is 1. The van der Waals surface area contributed by atoms with Gasteiger partial charge in [0.15, 0.2) is 0 Å². The number of ether oxygens (including phenoxy) is 1. The highest BCUT2D eigenvalue weighted by Gasteiger charge is 2.22. The first-order valence-corrected chi connectivity index (χ1v) is 9.14. The van der Waals surface area contributed by atoms with Crippen molar-refractivity contribution in [1.29, 1.82) is 0 Å². The average Bonchev–Trinajstić information content (AvgIpc) is 3.11. The second-order valence-corrected chi connectivity index (χ2v) is 6.89. The van der Waals surface area contributed by atoms with E-state index in [1.165, 1.54) is 11.1 Å². The van der Waals surface area contributed by atoms with Gasteiger partial charge in [-0.15, -0.1) is 11.3 Å². The molecule has 3 rings (SSSR count). The molecule has 24 heavy (non-hydrogen) atoms. The number of fused-ring (bicyclic) bond motifs is 1. The lowest BCUT2D eigenvalue weighted by molar-refractivity contribution is 0.205. The molecule has 5 nitrogen and oxygen atoms in total. The van der Waals surface area contributed by atoms with Crippen LogP contribution in [0.15, 0.2) is 29.1 Å². The number of amides is 2. The van der Waals surface area contributed by atoms with Crippen molar-refractivity contribution in [2.45, 2.75) is 31.7 Å². The van der Waals surface area contributed by atoms with E-state index in [-0.39, 0.29) is 6.03 Å². The summed E-state index contributed by atoms with van der Waals surface area (Å²) in [5, 5.41) is 5.03. The highest BCUT2D eigenvalue weighted by Crippen LogP contribution is 2.33. The molecule has 0 saturated carbocycles. The monoisotopic (exact) mass is 345 g/mol. The molecule has 2 amide bonds. The summed E-state index contributed by atoms with van der Waals surface area (Å²) in [7, 11) is 3.49. The highest BCUT2D eigenvalue weighted by atomic mass is 32.1. The highest BCUT2D eigenvalue weighted by molar-refractivity contribution is 7.07. The lowest BCUT2D eigenvalue weighted by atomic mass is 9.82. The molecule has 0 aliphatic heterocycles. The molecule has 1 aromatic heterocycles. The van der Waals surface area contributed by atoms with Gasteiger partial charge in [0.1, 0.15) is 5.75 Å². The quantitative estimate of drug-likeness (QED) is 0.903. The third-order valence-corrected chi connectivity index (χ3v) is 5.15. The predicted octanol–water partition coefficient (Wildman–Crippen LogP) is 3.41. The van der Waals surface area contributed by atoms with Gasteiger partial charge in [0, 0.05) is 24.9 Å². The summed E-state index contributed by atoms with van der Waals surface area (Å²) in [5.41, 5.74) is 5.39. The van der Waals surface area contributed by atoms with Crippen LogP contribution in [0.2, 0.25) is 0 Å². The fourth-order valence-corrected chi connectivity index (χ4v) is 3.76. The summed E-state index contributed by atoms with van der Waals surface area (Å²) in [5.74, 6) is 1.28. The standard InChI is InChI=1S/C18H23N3O2S/c1-21(10-15-11-24-12-20-15)18(22)19-9-14-5-3-4-13-8-16(23-2)6-7-17(13)14/h6-8,11-12,14H,3-5,9-10H2,1-2H3,(H,19,22). The van der Waals surface area contributed by atoms with E-state index in [2.05, 4.69) is 22.4 Å². The Labute approximate surface area is 146 Å². The first-order chi connectivity index (χ1) is 11.7. The van der Waals surface area contributed by atoms with E-state index in [1.807, 2.05) is 11.4 Å². The number of hydrogen-bond donors (Lipinski definition) is 1. The van der Waals surface area contributed by atoms with E-state index >= 15 is 0 Å². The number of rotatable bonds is 5. The van der Waals surface area contributed by atoms with Crippen molar-refractivity contribution in [2.24, 2.45) is 0 Å². The van der Waals surface area contributed by atoms with Crippen LogP contribution in [0.1, 0.15) is 35.6 Å². The maximum atomic E-state index is 12.3. The zero-order chi connectivity index (χ0) is 16.9. The molecule has 1 atom stereocenters. The summed E-state index contributed by atoms with van der Waals surface area (Å²) in [6, 6.07) is 6.22. The summed E-state index contributed by atoms with van der Waals surface area (Å²) in [4.78, 5) is 18.2. The number of carbonyl (C=O) groups excluding carboxylic acids is 1. The van der Waals surface area contributed by atoms with Crippen molar-refractivity contribution in [3.63, 3.8) is 0 Å². The molecule has 1 heterocycles. The van der Waals surface area contributed by atoms with Gasteiger partial charge in [-0.25, -0.2) is 9.78 Å². The molecule has 128 valence electrons.